The number of pyridine rings is 2. The van der Waals surface area contributed by atoms with E-state index in [0.717, 1.165) is 48.6 Å². The lowest BCUT2D eigenvalue weighted by Gasteiger charge is -2.37. The Labute approximate surface area is 246 Å². The molecular weight excluding hydrogens is 560 g/mol. The molecule has 1 saturated carbocycles. The zero-order valence-corrected chi connectivity index (χ0v) is 24.9. The van der Waals surface area contributed by atoms with Gasteiger partial charge in [-0.2, -0.15) is 0 Å². The smallest absolute Gasteiger partial charge is 0.230 e. The SMILES string of the molecule is CS(=O)(=O)Nc1cc2nc(N3CCOC[C@H]3c3ccccc3)n(C[C@H]3CC[C@H](C)CC3)c2c(-c2cncc(Cl)c2)n1. The summed E-state index contributed by atoms with van der Waals surface area (Å²) >= 11 is 6.37. The predicted octanol–water partition coefficient (Wildman–Crippen LogP) is 5.92. The van der Waals surface area contributed by atoms with Gasteiger partial charge in [0.05, 0.1) is 41.6 Å². The molecule has 3 aromatic heterocycles. The van der Waals surface area contributed by atoms with Gasteiger partial charge in [0.25, 0.3) is 0 Å². The van der Waals surface area contributed by atoms with E-state index in [1.165, 1.54) is 12.8 Å². The second-order valence-electron chi connectivity index (χ2n) is 11.3. The van der Waals surface area contributed by atoms with Crippen molar-refractivity contribution in [2.24, 2.45) is 11.8 Å². The highest BCUT2D eigenvalue weighted by molar-refractivity contribution is 7.92. The number of benzene rings is 1. The number of ether oxygens (including phenoxy) is 1. The Hall–Kier alpha value is -3.21. The van der Waals surface area contributed by atoms with Crippen LogP contribution >= 0.6 is 11.6 Å². The summed E-state index contributed by atoms with van der Waals surface area (Å²) < 4.78 is 35.2. The van der Waals surface area contributed by atoms with E-state index >= 15 is 0 Å². The number of nitrogens with zero attached hydrogens (tertiary/aromatic N) is 5. The number of imidazole rings is 1. The molecule has 4 aromatic rings. The minimum Gasteiger partial charge on any atom is -0.377 e. The van der Waals surface area contributed by atoms with Crippen LogP contribution in [0.1, 0.15) is 44.2 Å². The number of nitrogens with one attached hydrogen (secondary N) is 1. The summed E-state index contributed by atoms with van der Waals surface area (Å²) in [6, 6.07) is 13.9. The van der Waals surface area contributed by atoms with Gasteiger partial charge in [-0.3, -0.25) is 9.71 Å². The predicted molar refractivity (Wildman–Crippen MR) is 163 cm³/mol. The van der Waals surface area contributed by atoms with E-state index in [1.54, 1.807) is 24.5 Å². The van der Waals surface area contributed by atoms with Crippen molar-refractivity contribution in [3.8, 4) is 11.3 Å². The lowest BCUT2D eigenvalue weighted by Crippen LogP contribution is -2.41. The minimum absolute atomic E-state index is 0.00949. The highest BCUT2D eigenvalue weighted by atomic mass is 35.5. The van der Waals surface area contributed by atoms with Gasteiger partial charge in [0.15, 0.2) is 0 Å². The van der Waals surface area contributed by atoms with Gasteiger partial charge in [0, 0.05) is 37.1 Å². The summed E-state index contributed by atoms with van der Waals surface area (Å²) in [6.07, 6.45) is 9.13. The number of hydrogen-bond donors (Lipinski definition) is 1. The fraction of sp³-hybridized carbons (Fsp3) is 0.433. The highest BCUT2D eigenvalue weighted by Crippen LogP contribution is 2.39. The zero-order valence-electron chi connectivity index (χ0n) is 23.3. The first-order chi connectivity index (χ1) is 19.7. The number of rotatable bonds is 7. The van der Waals surface area contributed by atoms with E-state index < -0.39 is 10.0 Å². The van der Waals surface area contributed by atoms with Gasteiger partial charge in [-0.05, 0) is 36.3 Å². The van der Waals surface area contributed by atoms with Gasteiger partial charge in [0.2, 0.25) is 16.0 Å². The summed E-state index contributed by atoms with van der Waals surface area (Å²) in [5.74, 6) is 2.29. The average Bonchev–Trinajstić information content (AvgIpc) is 3.31. The third-order valence-electron chi connectivity index (χ3n) is 8.12. The molecule has 1 saturated heterocycles. The average molecular weight is 595 g/mol. The van der Waals surface area contributed by atoms with Crippen LogP contribution < -0.4 is 9.62 Å². The number of morpholine rings is 1. The molecule has 9 nitrogen and oxygen atoms in total. The molecular formula is C30H35ClN6O3S. The lowest BCUT2D eigenvalue weighted by atomic mass is 9.83. The fourth-order valence-electron chi connectivity index (χ4n) is 6.09. The van der Waals surface area contributed by atoms with Crippen LogP contribution in [0.5, 0.6) is 0 Å². The number of fused-ring (bicyclic) bond motifs is 1. The van der Waals surface area contributed by atoms with Crippen molar-refractivity contribution in [1.82, 2.24) is 19.5 Å². The Morgan fingerprint density at radius 3 is 2.59 bits per heavy atom. The van der Waals surface area contributed by atoms with Crippen molar-refractivity contribution < 1.29 is 13.2 Å². The number of anilines is 2. The van der Waals surface area contributed by atoms with Crippen LogP contribution in [-0.4, -0.2) is 54.0 Å². The summed E-state index contributed by atoms with van der Waals surface area (Å²) in [5, 5.41) is 0.476. The molecule has 1 aliphatic carbocycles. The van der Waals surface area contributed by atoms with Crippen LogP contribution in [0.15, 0.2) is 54.9 Å². The summed E-state index contributed by atoms with van der Waals surface area (Å²) in [7, 11) is -3.57. The molecule has 1 aromatic carbocycles. The Morgan fingerprint density at radius 2 is 1.85 bits per heavy atom. The van der Waals surface area contributed by atoms with Crippen LogP contribution in [0.3, 0.4) is 0 Å². The van der Waals surface area contributed by atoms with Gasteiger partial charge in [-0.15, -0.1) is 0 Å². The molecule has 0 bridgehead atoms. The molecule has 6 rings (SSSR count). The summed E-state index contributed by atoms with van der Waals surface area (Å²) in [4.78, 5) is 16.6. The van der Waals surface area contributed by atoms with E-state index in [1.807, 2.05) is 18.2 Å². The topological polar surface area (TPSA) is 102 Å². The van der Waals surface area contributed by atoms with Crippen molar-refractivity contribution >= 4 is 44.4 Å². The molecule has 1 aliphatic heterocycles. The number of halogens is 1. The molecule has 0 spiro atoms. The lowest BCUT2D eigenvalue weighted by molar-refractivity contribution is 0.0927. The molecule has 41 heavy (non-hydrogen) atoms. The molecule has 1 atom stereocenters. The first kappa shape index (κ1) is 27.9. The van der Waals surface area contributed by atoms with E-state index in [-0.39, 0.29) is 11.9 Å². The van der Waals surface area contributed by atoms with Crippen LogP contribution in [-0.2, 0) is 21.3 Å². The van der Waals surface area contributed by atoms with E-state index in [9.17, 15) is 8.42 Å². The molecule has 0 amide bonds. The van der Waals surface area contributed by atoms with Crippen molar-refractivity contribution in [2.45, 2.75) is 45.2 Å². The normalized spacial score (nSPS) is 21.7. The Kier molecular flexibility index (Phi) is 7.89. The third kappa shape index (κ3) is 6.19. The molecule has 0 radical (unpaired) electrons. The first-order valence-corrected chi connectivity index (χ1v) is 16.4. The Morgan fingerprint density at radius 1 is 1.07 bits per heavy atom. The van der Waals surface area contributed by atoms with Crippen molar-refractivity contribution in [3.63, 3.8) is 0 Å². The fourth-order valence-corrected chi connectivity index (χ4v) is 6.74. The maximum Gasteiger partial charge on any atom is 0.230 e. The Bertz CT molecular complexity index is 1640. The number of sulfonamides is 1. The molecule has 216 valence electrons. The van der Waals surface area contributed by atoms with Crippen molar-refractivity contribution in [1.29, 1.82) is 0 Å². The number of aromatic nitrogens is 4. The second-order valence-corrected chi connectivity index (χ2v) is 13.5. The van der Waals surface area contributed by atoms with Gasteiger partial charge in [-0.1, -0.05) is 61.7 Å². The van der Waals surface area contributed by atoms with Crippen LogP contribution in [0.25, 0.3) is 22.3 Å². The standard InChI is InChI=1S/C30H35ClN6O3S/c1-20-8-10-21(11-9-20)18-37-29-25(33-30(37)36-12-13-40-19-26(36)22-6-4-3-5-7-22)15-27(35-41(2,38)39)34-28(29)23-14-24(31)17-32-16-23/h3-7,14-17,20-21,26H,8-13,18-19H2,1-2H3,(H,34,35)/t20-,21-,26-/m0/s1. The molecule has 0 unspecified atom stereocenters. The maximum absolute atomic E-state index is 12.2. The van der Waals surface area contributed by atoms with E-state index in [2.05, 4.69) is 38.2 Å². The maximum atomic E-state index is 12.2. The minimum atomic E-state index is -3.57. The van der Waals surface area contributed by atoms with Gasteiger partial charge in [0.1, 0.15) is 11.5 Å². The zero-order chi connectivity index (χ0) is 28.6. The van der Waals surface area contributed by atoms with E-state index in [4.69, 9.17) is 26.3 Å². The Balaban J connectivity index is 1.56. The van der Waals surface area contributed by atoms with E-state index in [0.29, 0.717) is 47.5 Å². The highest BCUT2D eigenvalue weighted by Gasteiger charge is 2.32. The third-order valence-corrected chi connectivity index (χ3v) is 8.91. The first-order valence-electron chi connectivity index (χ1n) is 14.1. The van der Waals surface area contributed by atoms with Gasteiger partial charge >= 0.3 is 0 Å². The molecule has 11 heteroatoms. The largest absolute Gasteiger partial charge is 0.377 e. The number of hydrogen-bond acceptors (Lipinski definition) is 7. The second kappa shape index (κ2) is 11.6. The molecule has 2 aliphatic rings. The van der Waals surface area contributed by atoms with Gasteiger partial charge in [-0.25, -0.2) is 18.4 Å². The van der Waals surface area contributed by atoms with Crippen LogP contribution in [0.4, 0.5) is 11.8 Å². The molecule has 1 N–H and O–H groups in total. The molecule has 2 fully saturated rings. The van der Waals surface area contributed by atoms with Crippen LogP contribution in [0, 0.1) is 11.8 Å². The monoisotopic (exact) mass is 594 g/mol. The summed E-state index contributed by atoms with van der Waals surface area (Å²) in [5.41, 5.74) is 3.97. The quantitative estimate of drug-likeness (QED) is 0.283. The van der Waals surface area contributed by atoms with Crippen molar-refractivity contribution in [2.75, 3.05) is 35.6 Å². The van der Waals surface area contributed by atoms with Crippen LogP contribution in [0.2, 0.25) is 5.02 Å². The summed E-state index contributed by atoms with van der Waals surface area (Å²) in [6.45, 7) is 4.95. The van der Waals surface area contributed by atoms with Crippen molar-refractivity contribution in [3.05, 3.63) is 65.4 Å². The van der Waals surface area contributed by atoms with Gasteiger partial charge < -0.3 is 14.2 Å². The molecule has 4 heterocycles.